The zero-order valence-corrected chi connectivity index (χ0v) is 16.6. The average Bonchev–Trinajstić information content (AvgIpc) is 3.11. The third-order valence-electron chi connectivity index (χ3n) is 5.17. The number of benzene rings is 2. The van der Waals surface area contributed by atoms with Crippen molar-refractivity contribution in [1.29, 1.82) is 0 Å². The molecule has 4 nitrogen and oxygen atoms in total. The molecule has 1 aliphatic rings. The summed E-state index contributed by atoms with van der Waals surface area (Å²) in [5, 5.41) is 6.30. The molecule has 0 bridgehead atoms. The van der Waals surface area contributed by atoms with Gasteiger partial charge >= 0.3 is 6.18 Å². The molecule has 30 heavy (non-hydrogen) atoms. The van der Waals surface area contributed by atoms with Gasteiger partial charge in [-0.25, -0.2) is 4.39 Å². The minimum atomic E-state index is -4.55. The molecule has 0 radical (unpaired) electrons. The number of carbonyl (C=O) groups is 1. The van der Waals surface area contributed by atoms with Crippen LogP contribution in [0, 0.1) is 0 Å². The fourth-order valence-corrected chi connectivity index (χ4v) is 3.87. The minimum Gasteiger partial charge on any atom is -0.374 e. The van der Waals surface area contributed by atoms with Gasteiger partial charge in [-0.05, 0) is 35.2 Å². The maximum atomic E-state index is 13.1. The number of hydrogen-bond acceptors (Lipinski definition) is 3. The van der Waals surface area contributed by atoms with Crippen LogP contribution >= 0.6 is 0 Å². The van der Waals surface area contributed by atoms with E-state index in [1.54, 1.807) is 0 Å². The van der Waals surface area contributed by atoms with Gasteiger partial charge in [0.15, 0.2) is 0 Å². The second kappa shape index (κ2) is 9.14. The van der Waals surface area contributed by atoms with Gasteiger partial charge in [-0.3, -0.25) is 4.79 Å². The van der Waals surface area contributed by atoms with Crippen molar-refractivity contribution in [3.8, 4) is 0 Å². The predicted octanol–water partition coefficient (Wildman–Crippen LogP) is 4.09. The highest BCUT2D eigenvalue weighted by molar-refractivity contribution is 5.73. The van der Waals surface area contributed by atoms with Gasteiger partial charge in [0, 0.05) is 19.5 Å². The van der Waals surface area contributed by atoms with Gasteiger partial charge in [0.1, 0.15) is 6.67 Å². The number of hydrogen-bond donors (Lipinski definition) is 2. The van der Waals surface area contributed by atoms with Crippen molar-refractivity contribution in [3.05, 3.63) is 70.8 Å². The van der Waals surface area contributed by atoms with Gasteiger partial charge in [-0.15, -0.1) is 0 Å². The zero-order valence-electron chi connectivity index (χ0n) is 16.6. The SMILES string of the molecule is CC(=O)N[C@@H]1CN[C@](COCc2cc(CF)cc(C(F)(F)F)c2)(c2ccccc2)C1. The van der Waals surface area contributed by atoms with Gasteiger partial charge in [-0.2, -0.15) is 13.2 Å². The number of rotatable bonds is 7. The van der Waals surface area contributed by atoms with Gasteiger partial charge in [0.2, 0.25) is 5.91 Å². The van der Waals surface area contributed by atoms with E-state index >= 15 is 0 Å². The lowest BCUT2D eigenvalue weighted by molar-refractivity contribution is -0.137. The first-order chi connectivity index (χ1) is 14.2. The van der Waals surface area contributed by atoms with Gasteiger partial charge in [0.25, 0.3) is 0 Å². The summed E-state index contributed by atoms with van der Waals surface area (Å²) in [6.45, 7) is 1.12. The molecule has 1 amide bonds. The van der Waals surface area contributed by atoms with Crippen LogP contribution in [0.2, 0.25) is 0 Å². The van der Waals surface area contributed by atoms with E-state index in [1.165, 1.54) is 13.0 Å². The van der Waals surface area contributed by atoms with Crippen LogP contribution in [0.25, 0.3) is 0 Å². The summed E-state index contributed by atoms with van der Waals surface area (Å²) in [6.07, 6.45) is -3.97. The van der Waals surface area contributed by atoms with Crippen molar-refractivity contribution in [1.82, 2.24) is 10.6 Å². The summed E-state index contributed by atoms with van der Waals surface area (Å²) >= 11 is 0. The van der Waals surface area contributed by atoms with Crippen LogP contribution in [0.3, 0.4) is 0 Å². The normalized spacial score (nSPS) is 21.6. The quantitative estimate of drug-likeness (QED) is 0.659. The van der Waals surface area contributed by atoms with Crippen LogP contribution in [0.5, 0.6) is 0 Å². The highest BCUT2D eigenvalue weighted by atomic mass is 19.4. The topological polar surface area (TPSA) is 50.4 Å². The Hall–Kier alpha value is -2.45. The van der Waals surface area contributed by atoms with Crippen molar-refractivity contribution in [3.63, 3.8) is 0 Å². The number of ether oxygens (including phenoxy) is 1. The molecular formula is C22H24F4N2O2. The molecule has 1 fully saturated rings. The molecule has 0 aliphatic carbocycles. The fraction of sp³-hybridized carbons (Fsp3) is 0.409. The molecule has 8 heteroatoms. The van der Waals surface area contributed by atoms with Crippen molar-refractivity contribution < 1.29 is 27.1 Å². The number of amides is 1. The van der Waals surface area contributed by atoms with E-state index in [1.807, 2.05) is 30.3 Å². The predicted molar refractivity (Wildman–Crippen MR) is 104 cm³/mol. The molecule has 1 heterocycles. The van der Waals surface area contributed by atoms with Gasteiger partial charge < -0.3 is 15.4 Å². The summed E-state index contributed by atoms with van der Waals surface area (Å²) in [5.41, 5.74) is -0.285. The van der Waals surface area contributed by atoms with Crippen LogP contribution in [0.1, 0.15) is 35.6 Å². The summed E-state index contributed by atoms with van der Waals surface area (Å²) in [6, 6.07) is 12.7. The lowest BCUT2D eigenvalue weighted by atomic mass is 9.88. The Bertz CT molecular complexity index is 873. The molecule has 2 N–H and O–H groups in total. The molecule has 2 aromatic carbocycles. The maximum absolute atomic E-state index is 13.1. The number of halogens is 4. The van der Waals surface area contributed by atoms with Crippen molar-refractivity contribution in [2.45, 2.75) is 44.4 Å². The summed E-state index contributed by atoms with van der Waals surface area (Å²) < 4.78 is 58.1. The third-order valence-corrected chi connectivity index (χ3v) is 5.17. The highest BCUT2D eigenvalue weighted by Crippen LogP contribution is 2.33. The zero-order chi connectivity index (χ0) is 21.8. The van der Waals surface area contributed by atoms with Crippen LogP contribution in [-0.4, -0.2) is 25.1 Å². The number of alkyl halides is 4. The fourth-order valence-electron chi connectivity index (χ4n) is 3.87. The van der Waals surface area contributed by atoms with E-state index < -0.39 is 24.0 Å². The van der Waals surface area contributed by atoms with Gasteiger partial charge in [0.05, 0.1) is 24.3 Å². The second-order valence-electron chi connectivity index (χ2n) is 7.59. The molecule has 3 rings (SSSR count). The third kappa shape index (κ3) is 5.37. The number of carbonyl (C=O) groups excluding carboxylic acids is 1. The van der Waals surface area contributed by atoms with Gasteiger partial charge in [-0.1, -0.05) is 36.4 Å². The van der Waals surface area contributed by atoms with E-state index in [2.05, 4.69) is 10.6 Å². The van der Waals surface area contributed by atoms with Crippen LogP contribution in [-0.2, 0) is 34.5 Å². The largest absolute Gasteiger partial charge is 0.416 e. The Kier molecular flexibility index (Phi) is 6.77. The smallest absolute Gasteiger partial charge is 0.374 e. The molecule has 0 spiro atoms. The standard InChI is InChI=1S/C22H24F4N2O2/c1-15(29)28-20-10-21(27-12-20,18-5-3-2-4-6-18)14-30-13-17-7-16(11-23)8-19(9-17)22(24,25)26/h2-9,20,27H,10-14H2,1H3,(H,28,29)/t20-,21+/m0/s1. The number of nitrogens with one attached hydrogen (secondary N) is 2. The monoisotopic (exact) mass is 424 g/mol. The molecule has 1 aliphatic heterocycles. The van der Waals surface area contributed by atoms with E-state index in [4.69, 9.17) is 4.74 Å². The first-order valence-electron chi connectivity index (χ1n) is 9.63. The Labute approximate surface area is 172 Å². The van der Waals surface area contributed by atoms with E-state index in [0.717, 1.165) is 17.7 Å². The first kappa shape index (κ1) is 22.2. The van der Waals surface area contributed by atoms with E-state index in [9.17, 15) is 22.4 Å². The first-order valence-corrected chi connectivity index (χ1v) is 9.63. The minimum absolute atomic E-state index is 0.0362. The highest BCUT2D eigenvalue weighted by Gasteiger charge is 2.41. The maximum Gasteiger partial charge on any atom is 0.416 e. The Balaban J connectivity index is 1.75. The lowest BCUT2D eigenvalue weighted by Crippen LogP contribution is -2.41. The van der Waals surface area contributed by atoms with Crippen molar-refractivity contribution in [2.24, 2.45) is 0 Å². The molecule has 0 aromatic heterocycles. The van der Waals surface area contributed by atoms with Crippen LogP contribution in [0.4, 0.5) is 17.6 Å². The summed E-state index contributed by atoms with van der Waals surface area (Å²) in [4.78, 5) is 11.4. The Morgan fingerprint density at radius 2 is 1.90 bits per heavy atom. The van der Waals surface area contributed by atoms with Crippen molar-refractivity contribution >= 4 is 5.91 Å². The average molecular weight is 424 g/mol. The molecule has 162 valence electrons. The molecule has 1 saturated heterocycles. The molecular weight excluding hydrogens is 400 g/mol. The molecule has 0 saturated carbocycles. The van der Waals surface area contributed by atoms with E-state index in [-0.39, 0.29) is 36.3 Å². The summed E-state index contributed by atoms with van der Waals surface area (Å²) in [7, 11) is 0. The van der Waals surface area contributed by atoms with Crippen LogP contribution < -0.4 is 10.6 Å². The van der Waals surface area contributed by atoms with Crippen molar-refractivity contribution in [2.75, 3.05) is 13.2 Å². The van der Waals surface area contributed by atoms with Crippen LogP contribution in [0.15, 0.2) is 48.5 Å². The summed E-state index contributed by atoms with van der Waals surface area (Å²) in [5.74, 6) is -0.130. The lowest BCUT2D eigenvalue weighted by Gasteiger charge is -2.30. The van der Waals surface area contributed by atoms with E-state index in [0.29, 0.717) is 13.0 Å². The Morgan fingerprint density at radius 1 is 1.20 bits per heavy atom. The Morgan fingerprint density at radius 3 is 2.53 bits per heavy atom. The molecule has 0 unspecified atom stereocenters. The molecule has 2 aromatic rings. The second-order valence-corrected chi connectivity index (χ2v) is 7.59. The molecule has 2 atom stereocenters.